The monoisotopic (exact) mass is 267 g/mol. The Labute approximate surface area is 117 Å². The van der Waals surface area contributed by atoms with Crippen LogP contribution in [-0.2, 0) is 6.54 Å². The van der Waals surface area contributed by atoms with E-state index in [2.05, 4.69) is 10.1 Å². The molecule has 0 aliphatic carbocycles. The van der Waals surface area contributed by atoms with Crippen molar-refractivity contribution in [3.8, 4) is 5.88 Å². The van der Waals surface area contributed by atoms with Crippen LogP contribution in [0.5, 0.6) is 5.88 Å². The van der Waals surface area contributed by atoms with Gasteiger partial charge in [-0.3, -0.25) is 4.68 Å². The van der Waals surface area contributed by atoms with Crippen molar-refractivity contribution in [3.63, 3.8) is 0 Å². The predicted molar refractivity (Wildman–Crippen MR) is 78.6 cm³/mol. The average Bonchev–Trinajstić information content (AvgIpc) is 2.91. The summed E-state index contributed by atoms with van der Waals surface area (Å²) in [4.78, 5) is 4.17. The predicted octanol–water partition coefficient (Wildman–Crippen LogP) is 0.457. The summed E-state index contributed by atoms with van der Waals surface area (Å²) >= 11 is 0. The van der Waals surface area contributed by atoms with Crippen molar-refractivity contribution in [3.05, 3.63) is 48.3 Å². The van der Waals surface area contributed by atoms with Crippen molar-refractivity contribution in [2.24, 2.45) is 0 Å². The third-order valence-corrected chi connectivity index (χ3v) is 3.27. The van der Waals surface area contributed by atoms with Gasteiger partial charge in [-0.25, -0.2) is 4.98 Å². The minimum atomic E-state index is 0.0633. The molecular formula is C14H14BN3O2. The molecule has 0 saturated heterocycles. The fourth-order valence-electron chi connectivity index (χ4n) is 2.19. The Hall–Kier alpha value is -2.34. The first-order valence-corrected chi connectivity index (χ1v) is 6.35. The summed E-state index contributed by atoms with van der Waals surface area (Å²) in [6.45, 7) is 0.669. The molecular weight excluding hydrogens is 253 g/mol. The maximum Gasteiger partial charge on any atom is 0.304 e. The van der Waals surface area contributed by atoms with Crippen LogP contribution in [0, 0.1) is 0 Å². The quantitative estimate of drug-likeness (QED) is 0.697. The third kappa shape index (κ3) is 2.25. The van der Waals surface area contributed by atoms with Crippen LogP contribution >= 0.6 is 0 Å². The van der Waals surface area contributed by atoms with E-state index in [-0.39, 0.29) is 7.48 Å². The minimum Gasteiger partial charge on any atom is -0.480 e. The highest BCUT2D eigenvalue weighted by Gasteiger charge is 2.08. The molecule has 20 heavy (non-hydrogen) atoms. The largest absolute Gasteiger partial charge is 0.480 e. The molecule has 2 heterocycles. The molecule has 100 valence electrons. The summed E-state index contributed by atoms with van der Waals surface area (Å²) in [5, 5.41) is 14.3. The van der Waals surface area contributed by atoms with E-state index in [0.717, 1.165) is 21.9 Å². The SMILES string of the molecule is COc1nccc2c1cnn2Cc1ccc(BO)cc1. The van der Waals surface area contributed by atoms with Crippen LogP contribution in [-0.4, -0.2) is 34.4 Å². The Morgan fingerprint density at radius 3 is 2.75 bits per heavy atom. The zero-order valence-electron chi connectivity index (χ0n) is 11.2. The molecule has 1 N–H and O–H groups in total. The molecule has 3 rings (SSSR count). The highest BCUT2D eigenvalue weighted by Crippen LogP contribution is 2.22. The van der Waals surface area contributed by atoms with Gasteiger partial charge in [0, 0.05) is 6.20 Å². The second kappa shape index (κ2) is 5.34. The van der Waals surface area contributed by atoms with Crippen molar-refractivity contribution in [1.29, 1.82) is 0 Å². The van der Waals surface area contributed by atoms with E-state index in [0.29, 0.717) is 12.4 Å². The normalized spacial score (nSPS) is 10.7. The topological polar surface area (TPSA) is 60.2 Å². The van der Waals surface area contributed by atoms with Crippen LogP contribution in [0.15, 0.2) is 42.7 Å². The average molecular weight is 267 g/mol. The summed E-state index contributed by atoms with van der Waals surface area (Å²) in [7, 11) is 1.67. The third-order valence-electron chi connectivity index (χ3n) is 3.27. The van der Waals surface area contributed by atoms with E-state index in [4.69, 9.17) is 9.76 Å². The van der Waals surface area contributed by atoms with E-state index in [1.165, 1.54) is 0 Å². The van der Waals surface area contributed by atoms with Crippen LogP contribution in [0.3, 0.4) is 0 Å². The Morgan fingerprint density at radius 2 is 2.05 bits per heavy atom. The highest BCUT2D eigenvalue weighted by atomic mass is 16.5. The number of hydrogen-bond acceptors (Lipinski definition) is 4. The maximum atomic E-state index is 9.05. The van der Waals surface area contributed by atoms with E-state index in [1.54, 1.807) is 19.5 Å². The van der Waals surface area contributed by atoms with Gasteiger partial charge in [-0.1, -0.05) is 29.7 Å². The molecule has 1 aromatic carbocycles. The summed E-state index contributed by atoms with van der Waals surface area (Å²) < 4.78 is 7.14. The van der Waals surface area contributed by atoms with Gasteiger partial charge >= 0.3 is 7.48 Å². The van der Waals surface area contributed by atoms with Gasteiger partial charge in [0.1, 0.15) is 0 Å². The van der Waals surface area contributed by atoms with Crippen molar-refractivity contribution in [2.75, 3.05) is 7.11 Å². The maximum absolute atomic E-state index is 9.05. The molecule has 2 aromatic heterocycles. The zero-order valence-corrected chi connectivity index (χ0v) is 11.2. The highest BCUT2D eigenvalue weighted by molar-refractivity contribution is 6.45. The molecule has 0 aliphatic rings. The molecule has 0 spiro atoms. The van der Waals surface area contributed by atoms with Gasteiger partial charge in [0.15, 0.2) is 0 Å². The van der Waals surface area contributed by atoms with Gasteiger partial charge in [-0.15, -0.1) is 0 Å². The fraction of sp³-hybridized carbons (Fsp3) is 0.143. The summed E-state index contributed by atoms with van der Waals surface area (Å²) in [5.74, 6) is 0.587. The van der Waals surface area contributed by atoms with Gasteiger partial charge in [0.25, 0.3) is 0 Å². The number of benzene rings is 1. The van der Waals surface area contributed by atoms with E-state index >= 15 is 0 Å². The summed E-state index contributed by atoms with van der Waals surface area (Å²) in [5.41, 5.74) is 3.02. The molecule has 0 aliphatic heterocycles. The van der Waals surface area contributed by atoms with Crippen LogP contribution in [0.25, 0.3) is 10.9 Å². The number of pyridine rings is 1. The molecule has 5 nitrogen and oxygen atoms in total. The molecule has 0 atom stereocenters. The van der Waals surface area contributed by atoms with Crippen molar-refractivity contribution >= 4 is 23.8 Å². The van der Waals surface area contributed by atoms with E-state index in [1.807, 2.05) is 35.0 Å². The lowest BCUT2D eigenvalue weighted by Crippen LogP contribution is -2.13. The zero-order chi connectivity index (χ0) is 13.9. The first-order valence-electron chi connectivity index (χ1n) is 6.35. The number of nitrogens with zero attached hydrogens (tertiary/aromatic N) is 3. The second-order valence-electron chi connectivity index (χ2n) is 4.53. The minimum absolute atomic E-state index is 0.0633. The second-order valence-corrected chi connectivity index (χ2v) is 4.53. The first-order chi connectivity index (χ1) is 9.81. The lowest BCUT2D eigenvalue weighted by atomic mass is 9.88. The smallest absolute Gasteiger partial charge is 0.304 e. The summed E-state index contributed by atoms with van der Waals surface area (Å²) in [6.07, 6.45) is 3.48. The number of methoxy groups -OCH3 is 1. The van der Waals surface area contributed by atoms with E-state index < -0.39 is 0 Å². The Bertz CT molecular complexity index is 725. The molecule has 0 saturated carbocycles. The first kappa shape index (κ1) is 12.7. The van der Waals surface area contributed by atoms with Crippen LogP contribution < -0.4 is 10.2 Å². The number of aromatic nitrogens is 3. The summed E-state index contributed by atoms with van der Waals surface area (Å²) in [6, 6.07) is 9.76. The van der Waals surface area contributed by atoms with Crippen molar-refractivity contribution < 1.29 is 9.76 Å². The van der Waals surface area contributed by atoms with Crippen LogP contribution in [0.2, 0.25) is 0 Å². The number of ether oxygens (including phenoxy) is 1. The molecule has 0 unspecified atom stereocenters. The van der Waals surface area contributed by atoms with Crippen LogP contribution in [0.1, 0.15) is 5.56 Å². The molecule has 3 aromatic rings. The molecule has 0 radical (unpaired) electrons. The van der Waals surface area contributed by atoms with Crippen molar-refractivity contribution in [1.82, 2.24) is 14.8 Å². The number of hydrogen-bond donors (Lipinski definition) is 1. The lowest BCUT2D eigenvalue weighted by Gasteiger charge is -2.05. The Kier molecular flexibility index (Phi) is 3.39. The van der Waals surface area contributed by atoms with Crippen molar-refractivity contribution in [2.45, 2.75) is 6.54 Å². The van der Waals surface area contributed by atoms with Gasteiger partial charge in [0.05, 0.1) is 30.8 Å². The lowest BCUT2D eigenvalue weighted by molar-refractivity contribution is 0.403. The molecule has 0 bridgehead atoms. The number of rotatable bonds is 4. The Balaban J connectivity index is 1.94. The van der Waals surface area contributed by atoms with E-state index in [9.17, 15) is 0 Å². The van der Waals surface area contributed by atoms with Gasteiger partial charge in [-0.05, 0) is 11.6 Å². The van der Waals surface area contributed by atoms with Gasteiger partial charge in [-0.2, -0.15) is 5.10 Å². The Morgan fingerprint density at radius 1 is 1.25 bits per heavy atom. The molecule has 0 amide bonds. The molecule has 0 fully saturated rings. The van der Waals surface area contributed by atoms with Gasteiger partial charge in [0.2, 0.25) is 5.88 Å². The van der Waals surface area contributed by atoms with Crippen LogP contribution in [0.4, 0.5) is 0 Å². The standard InChI is InChI=1S/C14H14BN3O2/c1-20-14-12-8-17-18(13(12)6-7-16-14)9-10-2-4-11(15-19)5-3-10/h2-8,15,19H,9H2,1H3. The molecule has 6 heteroatoms. The number of fused-ring (bicyclic) bond motifs is 1. The van der Waals surface area contributed by atoms with Gasteiger partial charge < -0.3 is 9.76 Å². The fourth-order valence-corrected chi connectivity index (χ4v) is 2.19.